The molecule has 0 saturated carbocycles. The third-order valence-corrected chi connectivity index (χ3v) is 3.37. The molecule has 0 aromatic heterocycles. The smallest absolute Gasteiger partial charge is 0.0804 e. The van der Waals surface area contributed by atoms with Gasteiger partial charge in [-0.3, -0.25) is 0 Å². The number of hydrazone groups is 2. The van der Waals surface area contributed by atoms with E-state index in [9.17, 15) is 0 Å². The molecule has 0 radical (unpaired) electrons. The number of benzene rings is 2. The molecule has 0 bridgehead atoms. The maximum atomic E-state index is 5.62. The number of nitrogens with zero attached hydrogens (tertiary/aromatic N) is 3. The minimum atomic E-state index is 0.454. The van der Waals surface area contributed by atoms with E-state index >= 15 is 0 Å². The maximum Gasteiger partial charge on any atom is 0.0804 e. The largest absolute Gasteiger partial charge is 0.326 e. The molecule has 134 valence electrons. The third-order valence-electron chi connectivity index (χ3n) is 3.37. The molecular weight excluding hydrogens is 322 g/mol. The van der Waals surface area contributed by atoms with Gasteiger partial charge in [0, 0.05) is 26.5 Å². The van der Waals surface area contributed by atoms with Crippen molar-refractivity contribution in [1.29, 1.82) is 0 Å². The van der Waals surface area contributed by atoms with Crippen LogP contribution >= 0.6 is 0 Å². The van der Waals surface area contributed by atoms with Gasteiger partial charge in [0.2, 0.25) is 0 Å². The van der Waals surface area contributed by atoms with E-state index in [0.717, 1.165) is 22.5 Å². The Morgan fingerprint density at radius 1 is 1.23 bits per heavy atom. The van der Waals surface area contributed by atoms with Gasteiger partial charge in [0.15, 0.2) is 0 Å². The number of terminal acetylenes is 1. The lowest BCUT2D eigenvalue weighted by atomic mass is 10.1. The molecule has 5 nitrogen and oxygen atoms in total. The van der Waals surface area contributed by atoms with Gasteiger partial charge in [-0.25, -0.2) is 5.01 Å². The van der Waals surface area contributed by atoms with E-state index < -0.39 is 0 Å². The Bertz CT molecular complexity index is 742. The summed E-state index contributed by atoms with van der Waals surface area (Å²) in [5.41, 5.74) is 11.9. The number of anilines is 1. The second-order valence-electron chi connectivity index (χ2n) is 5.07. The first-order chi connectivity index (χ1) is 12.7. The van der Waals surface area contributed by atoms with Crippen LogP contribution in [0.4, 0.5) is 5.69 Å². The van der Waals surface area contributed by atoms with Crippen molar-refractivity contribution in [1.82, 2.24) is 5.43 Å². The van der Waals surface area contributed by atoms with E-state index in [1.54, 1.807) is 18.3 Å². The van der Waals surface area contributed by atoms with Crippen LogP contribution in [0.5, 0.6) is 0 Å². The van der Waals surface area contributed by atoms with Gasteiger partial charge in [0.05, 0.1) is 17.8 Å². The number of nitrogens with two attached hydrogens (primary N) is 1. The molecule has 0 aliphatic heterocycles. The maximum absolute atomic E-state index is 5.62. The molecule has 0 aliphatic carbocycles. The molecule has 0 amide bonds. The monoisotopic (exact) mass is 347 g/mol. The molecule has 0 fully saturated rings. The zero-order valence-electron chi connectivity index (χ0n) is 15.1. The summed E-state index contributed by atoms with van der Waals surface area (Å²) in [6.07, 6.45) is 7.59. The number of rotatable bonds is 7. The SMILES string of the molecule is C#CC/C(=N\N(C=C)c1ccc(CN)cc1)c1ccccc1.C=NNC. The van der Waals surface area contributed by atoms with Crippen molar-refractivity contribution in [3.05, 3.63) is 78.5 Å². The van der Waals surface area contributed by atoms with Gasteiger partial charge in [-0.05, 0) is 23.3 Å². The van der Waals surface area contributed by atoms with Crippen LogP contribution in [0.1, 0.15) is 17.5 Å². The first-order valence-electron chi connectivity index (χ1n) is 8.09. The first-order valence-corrected chi connectivity index (χ1v) is 8.09. The van der Waals surface area contributed by atoms with Crippen LogP contribution in [0.2, 0.25) is 0 Å². The van der Waals surface area contributed by atoms with Crippen LogP contribution in [-0.4, -0.2) is 19.5 Å². The lowest BCUT2D eigenvalue weighted by Gasteiger charge is -2.16. The Morgan fingerprint density at radius 3 is 2.31 bits per heavy atom. The van der Waals surface area contributed by atoms with Crippen molar-refractivity contribution in [3.8, 4) is 12.3 Å². The van der Waals surface area contributed by atoms with Crippen molar-refractivity contribution in [2.75, 3.05) is 12.1 Å². The average molecular weight is 347 g/mol. The summed E-state index contributed by atoms with van der Waals surface area (Å²) in [5.74, 6) is 2.66. The zero-order chi connectivity index (χ0) is 19.2. The lowest BCUT2D eigenvalue weighted by molar-refractivity contribution is 0.913. The molecule has 2 aromatic rings. The van der Waals surface area contributed by atoms with Gasteiger partial charge >= 0.3 is 0 Å². The van der Waals surface area contributed by atoms with E-state index in [2.05, 4.69) is 34.8 Å². The summed E-state index contributed by atoms with van der Waals surface area (Å²) in [5, 5.41) is 9.60. The van der Waals surface area contributed by atoms with Crippen LogP contribution in [0.3, 0.4) is 0 Å². The molecule has 0 atom stereocenters. The summed E-state index contributed by atoms with van der Waals surface area (Å²) in [6, 6.07) is 17.8. The third kappa shape index (κ3) is 6.63. The van der Waals surface area contributed by atoms with Crippen molar-refractivity contribution < 1.29 is 0 Å². The van der Waals surface area contributed by atoms with E-state index in [0.29, 0.717) is 13.0 Å². The second kappa shape index (κ2) is 12.1. The fourth-order valence-electron chi connectivity index (χ4n) is 2.04. The molecule has 0 saturated heterocycles. The van der Waals surface area contributed by atoms with Gasteiger partial charge in [-0.1, -0.05) is 49.0 Å². The minimum absolute atomic E-state index is 0.454. The summed E-state index contributed by atoms with van der Waals surface area (Å²) in [6.45, 7) is 7.47. The van der Waals surface area contributed by atoms with E-state index in [1.807, 2.05) is 54.6 Å². The molecule has 5 heteroatoms. The molecule has 0 spiro atoms. The summed E-state index contributed by atoms with van der Waals surface area (Å²) in [7, 11) is 1.70. The van der Waals surface area contributed by atoms with Crippen molar-refractivity contribution in [2.24, 2.45) is 15.9 Å². The minimum Gasteiger partial charge on any atom is -0.326 e. The normalized spacial score (nSPS) is 9.96. The van der Waals surface area contributed by atoms with Gasteiger partial charge in [-0.15, -0.1) is 12.3 Å². The van der Waals surface area contributed by atoms with Gasteiger partial charge in [-0.2, -0.15) is 10.2 Å². The topological polar surface area (TPSA) is 66.0 Å². The van der Waals surface area contributed by atoms with E-state index in [1.165, 1.54) is 0 Å². The summed E-state index contributed by atoms with van der Waals surface area (Å²) in [4.78, 5) is 0. The van der Waals surface area contributed by atoms with Crippen LogP contribution in [0.25, 0.3) is 0 Å². The quantitative estimate of drug-likeness (QED) is 0.459. The Labute approximate surface area is 155 Å². The van der Waals surface area contributed by atoms with Crippen molar-refractivity contribution in [3.63, 3.8) is 0 Å². The van der Waals surface area contributed by atoms with Gasteiger partial charge < -0.3 is 11.2 Å². The Hall–Kier alpha value is -3.36. The highest BCUT2D eigenvalue weighted by Crippen LogP contribution is 2.17. The number of hydrogen-bond donors (Lipinski definition) is 2. The number of nitrogens with one attached hydrogen (secondary N) is 1. The highest BCUT2D eigenvalue weighted by Gasteiger charge is 2.06. The van der Waals surface area contributed by atoms with Crippen molar-refractivity contribution in [2.45, 2.75) is 13.0 Å². The standard InChI is InChI=1S/C19H19N3.C2H6N2/c1-3-8-19(17-9-6-5-7-10-17)21-22(4-2)18-13-11-16(15-20)12-14-18;1-3-4-2/h1,4-7,9-14H,2,8,15,20H2;4H,1H2,2H3/b21-19+;. The van der Waals surface area contributed by atoms with Crippen LogP contribution in [0, 0.1) is 12.3 Å². The lowest BCUT2D eigenvalue weighted by Crippen LogP contribution is -2.13. The molecule has 0 unspecified atom stereocenters. The predicted molar refractivity (Wildman–Crippen MR) is 112 cm³/mol. The molecule has 2 aromatic carbocycles. The summed E-state index contributed by atoms with van der Waals surface area (Å²) >= 11 is 0. The highest BCUT2D eigenvalue weighted by molar-refractivity contribution is 6.02. The molecule has 26 heavy (non-hydrogen) atoms. The Balaban J connectivity index is 0.000000765. The van der Waals surface area contributed by atoms with Crippen LogP contribution < -0.4 is 16.2 Å². The fourth-order valence-corrected chi connectivity index (χ4v) is 2.04. The molecule has 0 aliphatic rings. The average Bonchev–Trinajstić information content (AvgIpc) is 2.72. The van der Waals surface area contributed by atoms with Gasteiger partial charge in [0.25, 0.3) is 0 Å². The van der Waals surface area contributed by atoms with Gasteiger partial charge in [0.1, 0.15) is 0 Å². The molecular formula is C21H25N5. The Kier molecular flexibility index (Phi) is 9.60. The van der Waals surface area contributed by atoms with Crippen LogP contribution in [-0.2, 0) is 6.54 Å². The Morgan fingerprint density at radius 2 is 1.85 bits per heavy atom. The molecule has 2 rings (SSSR count). The fraction of sp³-hybridized carbons (Fsp3) is 0.143. The zero-order valence-corrected chi connectivity index (χ0v) is 15.1. The first kappa shape index (κ1) is 20.7. The van der Waals surface area contributed by atoms with Crippen molar-refractivity contribution >= 4 is 18.1 Å². The van der Waals surface area contributed by atoms with Crippen LogP contribution in [0.15, 0.2) is 77.6 Å². The molecule has 0 heterocycles. The van der Waals surface area contributed by atoms with E-state index in [-0.39, 0.29) is 0 Å². The molecule has 3 N–H and O–H groups in total. The predicted octanol–water partition coefficient (Wildman–Crippen LogP) is 3.34. The number of hydrogen-bond acceptors (Lipinski definition) is 5. The second-order valence-corrected chi connectivity index (χ2v) is 5.07. The highest BCUT2D eigenvalue weighted by atomic mass is 15.4. The summed E-state index contributed by atoms with van der Waals surface area (Å²) < 4.78 is 0. The van der Waals surface area contributed by atoms with E-state index in [4.69, 9.17) is 12.2 Å².